The molecule has 1 aliphatic heterocycles. The van der Waals surface area contributed by atoms with Crippen LogP contribution in [0.5, 0.6) is 0 Å². The van der Waals surface area contributed by atoms with E-state index in [9.17, 15) is 14.7 Å². The number of aliphatic hydroxyl groups is 1. The summed E-state index contributed by atoms with van der Waals surface area (Å²) in [5.41, 5.74) is 2.44. The van der Waals surface area contributed by atoms with Gasteiger partial charge in [0.05, 0.1) is 5.57 Å². The number of Topliss-reactive ketones (excluding diaryl/α,β-unsaturated/α-hetero) is 1. The van der Waals surface area contributed by atoms with Crippen LogP contribution in [0.1, 0.15) is 40.7 Å². The number of carbonyl (C=O) groups is 2. The smallest absolute Gasteiger partial charge is 0.295 e. The van der Waals surface area contributed by atoms with Gasteiger partial charge in [-0.2, -0.15) is 0 Å². The molecule has 2 heterocycles. The number of hydrogen-bond acceptors (Lipinski definition) is 5. The van der Waals surface area contributed by atoms with Gasteiger partial charge in [0.1, 0.15) is 23.3 Å². The van der Waals surface area contributed by atoms with Crippen LogP contribution in [0.3, 0.4) is 0 Å². The third-order valence-electron chi connectivity index (χ3n) is 5.22. The number of hydrogen-bond donors (Lipinski definition) is 1. The molecule has 1 atom stereocenters. The van der Waals surface area contributed by atoms with Crippen molar-refractivity contribution in [1.29, 1.82) is 0 Å². The lowest BCUT2D eigenvalue weighted by Crippen LogP contribution is -2.32. The SMILES string of the molecule is Cc1ccc(C)c(/C(O)=C2\C(=O)C(=O)N(CCCN(C)C)C2c2ccc(C)o2)c1. The highest BCUT2D eigenvalue weighted by Gasteiger charge is 2.47. The Balaban J connectivity index is 2.11. The largest absolute Gasteiger partial charge is 0.507 e. The number of likely N-dealkylation sites (tertiary alicyclic amines) is 1. The summed E-state index contributed by atoms with van der Waals surface area (Å²) in [4.78, 5) is 29.3. The van der Waals surface area contributed by atoms with E-state index in [1.807, 2.05) is 58.0 Å². The topological polar surface area (TPSA) is 74.0 Å². The summed E-state index contributed by atoms with van der Waals surface area (Å²) >= 11 is 0. The Kier molecular flexibility index (Phi) is 5.94. The molecule has 154 valence electrons. The molecule has 0 spiro atoms. The van der Waals surface area contributed by atoms with Gasteiger partial charge in [0.2, 0.25) is 0 Å². The number of furan rings is 1. The Morgan fingerprint density at radius 2 is 1.86 bits per heavy atom. The Hall–Kier alpha value is -2.86. The van der Waals surface area contributed by atoms with Gasteiger partial charge in [0.25, 0.3) is 11.7 Å². The lowest BCUT2D eigenvalue weighted by Gasteiger charge is -2.24. The molecule has 1 aromatic carbocycles. The summed E-state index contributed by atoms with van der Waals surface area (Å²) < 4.78 is 5.79. The fraction of sp³-hybridized carbons (Fsp3) is 0.391. The van der Waals surface area contributed by atoms with Crippen LogP contribution in [0.2, 0.25) is 0 Å². The molecule has 0 bridgehead atoms. The summed E-state index contributed by atoms with van der Waals surface area (Å²) in [5.74, 6) is -0.260. The highest BCUT2D eigenvalue weighted by Crippen LogP contribution is 2.40. The van der Waals surface area contributed by atoms with Crippen LogP contribution in [-0.2, 0) is 9.59 Å². The first-order valence-electron chi connectivity index (χ1n) is 9.77. The third kappa shape index (κ3) is 4.12. The maximum absolute atomic E-state index is 13.0. The summed E-state index contributed by atoms with van der Waals surface area (Å²) in [6.45, 7) is 6.78. The number of amides is 1. The van der Waals surface area contributed by atoms with Crippen LogP contribution in [0, 0.1) is 20.8 Å². The van der Waals surface area contributed by atoms with Crippen molar-refractivity contribution < 1.29 is 19.1 Å². The van der Waals surface area contributed by atoms with E-state index in [4.69, 9.17) is 4.42 Å². The third-order valence-corrected chi connectivity index (χ3v) is 5.22. The molecule has 0 aliphatic carbocycles. The number of carbonyl (C=O) groups excluding carboxylic acids is 2. The van der Waals surface area contributed by atoms with E-state index < -0.39 is 17.7 Å². The van der Waals surface area contributed by atoms with Crippen molar-refractivity contribution in [2.24, 2.45) is 0 Å². The molecule has 1 aromatic heterocycles. The lowest BCUT2D eigenvalue weighted by atomic mass is 9.96. The van der Waals surface area contributed by atoms with Crippen LogP contribution < -0.4 is 0 Å². The fourth-order valence-corrected chi connectivity index (χ4v) is 3.70. The minimum absolute atomic E-state index is 0.0860. The zero-order chi connectivity index (χ0) is 21.3. The van der Waals surface area contributed by atoms with Crippen molar-refractivity contribution in [2.75, 3.05) is 27.2 Å². The molecule has 1 saturated heterocycles. The van der Waals surface area contributed by atoms with Crippen LogP contribution in [0.25, 0.3) is 5.76 Å². The number of nitrogens with zero attached hydrogens (tertiary/aromatic N) is 2. The van der Waals surface area contributed by atoms with Crippen LogP contribution in [0.4, 0.5) is 0 Å². The van der Waals surface area contributed by atoms with Gasteiger partial charge in [0, 0.05) is 12.1 Å². The molecule has 6 nitrogen and oxygen atoms in total. The Morgan fingerprint density at radius 3 is 2.48 bits per heavy atom. The molecule has 1 unspecified atom stereocenters. The monoisotopic (exact) mass is 396 g/mol. The van der Waals surface area contributed by atoms with Gasteiger partial charge in [-0.05, 0) is 71.6 Å². The zero-order valence-electron chi connectivity index (χ0n) is 17.7. The molecule has 1 amide bonds. The molecular weight excluding hydrogens is 368 g/mol. The van der Waals surface area contributed by atoms with Crippen molar-refractivity contribution in [3.63, 3.8) is 0 Å². The number of rotatable bonds is 6. The van der Waals surface area contributed by atoms with E-state index in [2.05, 4.69) is 0 Å². The highest BCUT2D eigenvalue weighted by molar-refractivity contribution is 6.46. The van der Waals surface area contributed by atoms with E-state index in [1.54, 1.807) is 12.1 Å². The summed E-state index contributed by atoms with van der Waals surface area (Å²) in [5, 5.41) is 11.1. The lowest BCUT2D eigenvalue weighted by molar-refractivity contribution is -0.140. The van der Waals surface area contributed by atoms with Crippen LogP contribution >= 0.6 is 0 Å². The van der Waals surface area contributed by atoms with Gasteiger partial charge in [-0.1, -0.05) is 17.7 Å². The highest BCUT2D eigenvalue weighted by atomic mass is 16.3. The zero-order valence-corrected chi connectivity index (χ0v) is 17.7. The first-order chi connectivity index (χ1) is 13.7. The fourth-order valence-electron chi connectivity index (χ4n) is 3.70. The maximum Gasteiger partial charge on any atom is 0.295 e. The number of aryl methyl sites for hydroxylation is 3. The van der Waals surface area contributed by atoms with E-state index in [0.717, 1.165) is 17.7 Å². The summed E-state index contributed by atoms with van der Waals surface area (Å²) in [6.07, 6.45) is 0.708. The predicted molar refractivity (Wildman–Crippen MR) is 112 cm³/mol. The van der Waals surface area contributed by atoms with Gasteiger partial charge in [-0.15, -0.1) is 0 Å². The number of ketones is 1. The van der Waals surface area contributed by atoms with Gasteiger partial charge in [-0.3, -0.25) is 9.59 Å². The van der Waals surface area contributed by atoms with E-state index >= 15 is 0 Å². The average molecular weight is 396 g/mol. The molecule has 0 radical (unpaired) electrons. The van der Waals surface area contributed by atoms with Crippen molar-refractivity contribution in [1.82, 2.24) is 9.80 Å². The van der Waals surface area contributed by atoms with Crippen molar-refractivity contribution in [2.45, 2.75) is 33.2 Å². The molecule has 6 heteroatoms. The minimum Gasteiger partial charge on any atom is -0.507 e. The van der Waals surface area contributed by atoms with Crippen molar-refractivity contribution in [3.8, 4) is 0 Å². The Bertz CT molecular complexity index is 971. The molecule has 0 saturated carbocycles. The van der Waals surface area contributed by atoms with E-state index in [-0.39, 0.29) is 11.3 Å². The van der Waals surface area contributed by atoms with Crippen LogP contribution in [-0.4, -0.2) is 53.8 Å². The van der Waals surface area contributed by atoms with E-state index in [1.165, 1.54) is 4.90 Å². The second kappa shape index (κ2) is 8.25. The van der Waals surface area contributed by atoms with Crippen molar-refractivity contribution >= 4 is 17.4 Å². The molecule has 1 aliphatic rings. The Morgan fingerprint density at radius 1 is 1.14 bits per heavy atom. The number of aliphatic hydroxyl groups excluding tert-OH is 1. The van der Waals surface area contributed by atoms with Crippen molar-refractivity contribution in [3.05, 3.63) is 64.1 Å². The number of benzene rings is 1. The molecule has 1 fully saturated rings. The quantitative estimate of drug-likeness (QED) is 0.459. The summed E-state index contributed by atoms with van der Waals surface area (Å²) in [6, 6.07) is 8.50. The van der Waals surface area contributed by atoms with E-state index in [0.29, 0.717) is 30.0 Å². The average Bonchev–Trinajstić information content (AvgIpc) is 3.19. The van der Waals surface area contributed by atoms with Crippen LogP contribution in [0.15, 0.2) is 40.3 Å². The Labute approximate surface area is 171 Å². The minimum atomic E-state index is -0.731. The second-order valence-electron chi connectivity index (χ2n) is 7.92. The maximum atomic E-state index is 13.0. The molecule has 3 rings (SSSR count). The molecular formula is C23H28N2O4. The molecule has 1 N–H and O–H groups in total. The summed E-state index contributed by atoms with van der Waals surface area (Å²) in [7, 11) is 3.92. The first-order valence-corrected chi connectivity index (χ1v) is 9.77. The standard InChI is InChI=1S/C23H28N2O4/c1-14-7-8-15(2)17(13-14)21(26)19-20(18-10-9-16(3)29-18)25(23(28)22(19)27)12-6-11-24(4)5/h7-10,13,20,26H,6,11-12H2,1-5H3/b21-19+. The predicted octanol–water partition coefficient (Wildman–Crippen LogP) is 3.58. The molecule has 2 aromatic rings. The van der Waals surface area contributed by atoms with Gasteiger partial charge in [-0.25, -0.2) is 0 Å². The second-order valence-corrected chi connectivity index (χ2v) is 7.92. The molecule has 29 heavy (non-hydrogen) atoms. The van der Waals surface area contributed by atoms with Gasteiger partial charge >= 0.3 is 0 Å². The van der Waals surface area contributed by atoms with Gasteiger partial charge in [0.15, 0.2) is 0 Å². The normalized spacial score (nSPS) is 18.8. The van der Waals surface area contributed by atoms with Gasteiger partial charge < -0.3 is 19.3 Å². The first kappa shape index (κ1) is 20.9.